The quantitative estimate of drug-likeness (QED) is 0.670. The number of nitrogens with zero attached hydrogens (tertiary/aromatic N) is 4. The third-order valence-electron chi connectivity index (χ3n) is 4.84. The Morgan fingerprint density at radius 2 is 1.79 bits per heavy atom. The summed E-state index contributed by atoms with van der Waals surface area (Å²) in [6.45, 7) is 1.60. The minimum Gasteiger partial charge on any atom is -0.371 e. The molecular weight excluding hydrogens is 374 g/mol. The fourth-order valence-electron chi connectivity index (χ4n) is 3.26. The van der Waals surface area contributed by atoms with Gasteiger partial charge in [-0.15, -0.1) is 10.2 Å². The zero-order valence-corrected chi connectivity index (χ0v) is 15.9. The van der Waals surface area contributed by atoms with Gasteiger partial charge in [0, 0.05) is 48.2 Å². The van der Waals surface area contributed by atoms with Crippen molar-refractivity contribution in [2.45, 2.75) is 12.8 Å². The van der Waals surface area contributed by atoms with E-state index in [4.69, 9.17) is 0 Å². The lowest BCUT2D eigenvalue weighted by atomic mass is 9.95. The zero-order chi connectivity index (χ0) is 19.3. The maximum atomic E-state index is 12.6. The van der Waals surface area contributed by atoms with E-state index in [1.54, 1.807) is 12.4 Å². The molecular formula is C20H19N5O2S. The highest BCUT2D eigenvalue weighted by atomic mass is 32.1. The lowest BCUT2D eigenvalue weighted by Crippen LogP contribution is -2.38. The van der Waals surface area contributed by atoms with Crippen molar-refractivity contribution in [3.8, 4) is 10.6 Å². The number of aldehydes is 1. The van der Waals surface area contributed by atoms with Crippen LogP contribution in [0.5, 0.6) is 0 Å². The van der Waals surface area contributed by atoms with Crippen LogP contribution in [0.15, 0.2) is 48.8 Å². The number of hydrogen-bond donors (Lipinski definition) is 1. The van der Waals surface area contributed by atoms with E-state index >= 15 is 0 Å². The average molecular weight is 393 g/mol. The van der Waals surface area contributed by atoms with E-state index in [0.717, 1.165) is 48.5 Å². The van der Waals surface area contributed by atoms with E-state index in [9.17, 15) is 9.59 Å². The van der Waals surface area contributed by atoms with Crippen LogP contribution in [0.2, 0.25) is 0 Å². The smallest absolute Gasteiger partial charge is 0.229 e. The molecule has 1 amide bonds. The van der Waals surface area contributed by atoms with Crippen LogP contribution in [0.3, 0.4) is 0 Å². The van der Waals surface area contributed by atoms with Crippen LogP contribution >= 0.6 is 11.3 Å². The molecule has 8 heteroatoms. The van der Waals surface area contributed by atoms with Crippen LogP contribution in [-0.4, -0.2) is 40.5 Å². The summed E-state index contributed by atoms with van der Waals surface area (Å²) in [4.78, 5) is 29.6. The number of piperidine rings is 1. The first-order valence-corrected chi connectivity index (χ1v) is 9.89. The summed E-state index contributed by atoms with van der Waals surface area (Å²) in [6.07, 6.45) is 5.80. The van der Waals surface area contributed by atoms with Crippen LogP contribution in [0.25, 0.3) is 10.6 Å². The number of carbonyl (C=O) groups is 2. The van der Waals surface area contributed by atoms with Gasteiger partial charge in [-0.05, 0) is 49.2 Å². The Bertz CT molecular complexity index is 950. The second kappa shape index (κ2) is 8.26. The van der Waals surface area contributed by atoms with Gasteiger partial charge in [-0.25, -0.2) is 0 Å². The van der Waals surface area contributed by atoms with E-state index < -0.39 is 0 Å². The van der Waals surface area contributed by atoms with E-state index in [1.165, 1.54) is 11.3 Å². The summed E-state index contributed by atoms with van der Waals surface area (Å²) < 4.78 is 0. The fraction of sp³-hybridized carbons (Fsp3) is 0.250. The first kappa shape index (κ1) is 18.2. The van der Waals surface area contributed by atoms with Crippen LogP contribution in [0.1, 0.15) is 23.2 Å². The van der Waals surface area contributed by atoms with Crippen LogP contribution in [0, 0.1) is 5.92 Å². The molecule has 7 nitrogen and oxygen atoms in total. The summed E-state index contributed by atoms with van der Waals surface area (Å²) >= 11 is 1.36. The predicted molar refractivity (Wildman–Crippen MR) is 109 cm³/mol. The summed E-state index contributed by atoms with van der Waals surface area (Å²) in [5.41, 5.74) is 2.68. The maximum Gasteiger partial charge on any atom is 0.229 e. The van der Waals surface area contributed by atoms with Crippen molar-refractivity contribution in [1.29, 1.82) is 0 Å². The minimum absolute atomic E-state index is 0.00613. The highest BCUT2D eigenvalue weighted by molar-refractivity contribution is 7.18. The zero-order valence-electron chi connectivity index (χ0n) is 15.1. The molecule has 2 aromatic heterocycles. The average Bonchev–Trinajstić information content (AvgIpc) is 3.23. The molecule has 28 heavy (non-hydrogen) atoms. The van der Waals surface area contributed by atoms with Gasteiger partial charge in [0.1, 0.15) is 11.3 Å². The first-order chi connectivity index (χ1) is 13.7. The molecule has 1 fully saturated rings. The Balaban J connectivity index is 1.33. The normalized spacial score (nSPS) is 14.6. The van der Waals surface area contributed by atoms with Crippen molar-refractivity contribution in [1.82, 2.24) is 15.2 Å². The molecule has 1 aliphatic heterocycles. The molecule has 142 valence electrons. The van der Waals surface area contributed by atoms with Gasteiger partial charge in [0.05, 0.1) is 0 Å². The molecule has 1 N–H and O–H groups in total. The number of nitrogens with one attached hydrogen (secondary N) is 1. The Morgan fingerprint density at radius 3 is 2.46 bits per heavy atom. The van der Waals surface area contributed by atoms with Crippen LogP contribution in [0.4, 0.5) is 10.8 Å². The largest absolute Gasteiger partial charge is 0.371 e. The molecule has 0 atom stereocenters. The fourth-order valence-corrected chi connectivity index (χ4v) is 4.01. The van der Waals surface area contributed by atoms with E-state index in [0.29, 0.717) is 10.7 Å². The molecule has 1 aromatic carbocycles. The van der Waals surface area contributed by atoms with Crippen molar-refractivity contribution in [2.75, 3.05) is 23.3 Å². The number of rotatable bonds is 5. The summed E-state index contributed by atoms with van der Waals surface area (Å²) in [5.74, 6) is -0.0489. The molecule has 4 rings (SSSR count). The van der Waals surface area contributed by atoms with Crippen molar-refractivity contribution in [3.05, 3.63) is 54.4 Å². The van der Waals surface area contributed by atoms with Crippen LogP contribution < -0.4 is 10.2 Å². The van der Waals surface area contributed by atoms with Crippen molar-refractivity contribution in [3.63, 3.8) is 0 Å². The van der Waals surface area contributed by atoms with Gasteiger partial charge in [-0.1, -0.05) is 11.3 Å². The number of anilines is 2. The van der Waals surface area contributed by atoms with Crippen molar-refractivity contribution >= 4 is 34.3 Å². The van der Waals surface area contributed by atoms with Gasteiger partial charge in [-0.3, -0.25) is 14.6 Å². The van der Waals surface area contributed by atoms with E-state index in [1.807, 2.05) is 36.4 Å². The predicted octanol–water partition coefficient (Wildman–Crippen LogP) is 3.27. The number of pyridine rings is 1. The van der Waals surface area contributed by atoms with Crippen LogP contribution in [-0.2, 0) is 4.79 Å². The molecule has 3 heterocycles. The topological polar surface area (TPSA) is 88.1 Å². The number of benzene rings is 1. The highest BCUT2D eigenvalue weighted by Gasteiger charge is 2.26. The van der Waals surface area contributed by atoms with Gasteiger partial charge in [0.25, 0.3) is 0 Å². The molecule has 0 radical (unpaired) electrons. The Kier molecular flexibility index (Phi) is 5.38. The minimum atomic E-state index is -0.0428. The van der Waals surface area contributed by atoms with E-state index in [-0.39, 0.29) is 11.8 Å². The maximum absolute atomic E-state index is 12.6. The molecule has 0 aliphatic carbocycles. The molecule has 0 bridgehead atoms. The lowest BCUT2D eigenvalue weighted by Gasteiger charge is -2.32. The van der Waals surface area contributed by atoms with Gasteiger partial charge < -0.3 is 10.2 Å². The molecule has 0 saturated carbocycles. The Morgan fingerprint density at radius 1 is 1.07 bits per heavy atom. The number of amides is 1. The standard InChI is InChI=1S/C20H19N5O2S/c26-13-14-1-3-17(4-2-14)25-11-7-15(8-12-25)18(27)22-20-24-23-19(28-20)16-5-9-21-10-6-16/h1-6,9-10,13,15H,7-8,11-12H2,(H,22,24,27). The summed E-state index contributed by atoms with van der Waals surface area (Å²) in [5, 5.41) is 12.4. The Labute approximate surface area is 166 Å². The van der Waals surface area contributed by atoms with Gasteiger partial charge in [0.15, 0.2) is 0 Å². The van der Waals surface area contributed by atoms with Gasteiger partial charge >= 0.3 is 0 Å². The molecule has 1 aliphatic rings. The second-order valence-electron chi connectivity index (χ2n) is 6.61. The Hall–Kier alpha value is -3.13. The third kappa shape index (κ3) is 4.07. The molecule has 0 unspecified atom stereocenters. The molecule has 1 saturated heterocycles. The summed E-state index contributed by atoms with van der Waals surface area (Å²) in [7, 11) is 0. The lowest BCUT2D eigenvalue weighted by molar-refractivity contribution is -0.120. The monoisotopic (exact) mass is 393 g/mol. The summed E-state index contributed by atoms with van der Waals surface area (Å²) in [6, 6.07) is 11.3. The number of carbonyl (C=O) groups excluding carboxylic acids is 2. The second-order valence-corrected chi connectivity index (χ2v) is 7.59. The first-order valence-electron chi connectivity index (χ1n) is 9.08. The number of aromatic nitrogens is 3. The van der Waals surface area contributed by atoms with Crippen molar-refractivity contribution in [2.24, 2.45) is 5.92 Å². The number of hydrogen-bond acceptors (Lipinski definition) is 7. The molecule has 3 aromatic rings. The van der Waals surface area contributed by atoms with E-state index in [2.05, 4.69) is 25.4 Å². The van der Waals surface area contributed by atoms with Gasteiger partial charge in [-0.2, -0.15) is 0 Å². The highest BCUT2D eigenvalue weighted by Crippen LogP contribution is 2.28. The van der Waals surface area contributed by atoms with Crippen molar-refractivity contribution < 1.29 is 9.59 Å². The van der Waals surface area contributed by atoms with Gasteiger partial charge in [0.2, 0.25) is 11.0 Å². The third-order valence-corrected chi connectivity index (χ3v) is 5.73. The SMILES string of the molecule is O=Cc1ccc(N2CCC(C(=O)Nc3nnc(-c4ccncc4)s3)CC2)cc1. The molecule has 0 spiro atoms.